The van der Waals surface area contributed by atoms with Crippen LogP contribution in [0.5, 0.6) is 5.75 Å². The quantitative estimate of drug-likeness (QED) is 0.580. The number of hydrogen-bond acceptors (Lipinski definition) is 8. The first-order valence-electron chi connectivity index (χ1n) is 8.60. The number of rotatable bonds is 5. The summed E-state index contributed by atoms with van der Waals surface area (Å²) in [5.41, 5.74) is 0.915. The predicted octanol–water partition coefficient (Wildman–Crippen LogP) is 1.99. The number of nitrogens with one attached hydrogen (secondary N) is 2. The van der Waals surface area contributed by atoms with Crippen molar-refractivity contribution < 1.29 is 33.4 Å². The lowest BCUT2D eigenvalue weighted by Gasteiger charge is -2.25. The van der Waals surface area contributed by atoms with Crippen molar-refractivity contribution in [2.24, 2.45) is 0 Å². The molecule has 1 aliphatic rings. The third kappa shape index (κ3) is 4.52. The van der Waals surface area contributed by atoms with Crippen LogP contribution in [0.4, 0.5) is 11.4 Å². The zero-order valence-electron chi connectivity index (χ0n) is 15.7. The van der Waals surface area contributed by atoms with Gasteiger partial charge in [-0.2, -0.15) is 0 Å². The molecule has 150 valence electrons. The molecule has 1 heterocycles. The largest absolute Gasteiger partial charge is 0.465 e. The van der Waals surface area contributed by atoms with Gasteiger partial charge in [0.1, 0.15) is 6.04 Å². The highest BCUT2D eigenvalue weighted by molar-refractivity contribution is 6.01. The first-order chi connectivity index (χ1) is 13.9. The maximum atomic E-state index is 12.4. The Labute approximate surface area is 165 Å². The Kier molecular flexibility index (Phi) is 5.77. The molecule has 0 aromatic heterocycles. The topological polar surface area (TPSA) is 120 Å². The number of ether oxygens (including phenoxy) is 3. The maximum Gasteiger partial charge on any atom is 0.337 e. The van der Waals surface area contributed by atoms with Crippen LogP contribution in [0.3, 0.4) is 0 Å². The summed E-state index contributed by atoms with van der Waals surface area (Å²) in [6.45, 7) is 0. The third-order valence-corrected chi connectivity index (χ3v) is 4.16. The summed E-state index contributed by atoms with van der Waals surface area (Å²) >= 11 is 0. The Hall–Kier alpha value is -3.88. The van der Waals surface area contributed by atoms with Crippen LogP contribution in [0.25, 0.3) is 0 Å². The minimum Gasteiger partial charge on any atom is -0.465 e. The molecule has 0 spiro atoms. The molecule has 29 heavy (non-hydrogen) atoms. The Morgan fingerprint density at radius 2 is 1.66 bits per heavy atom. The first kappa shape index (κ1) is 19.9. The molecule has 9 heteroatoms. The number of benzene rings is 2. The van der Waals surface area contributed by atoms with Crippen molar-refractivity contribution in [1.29, 1.82) is 0 Å². The standard InChI is InChI=1S/C20H18N2O7/c1-27-18(24)11-7-12(19(25)28-2)9-13(8-11)21-17(23)10-15-20(26)29-16-6-4-3-5-14(16)22-15/h3-9,15,22H,10H2,1-2H3,(H,21,23)/t15-/m0/s1. The number of para-hydroxylation sites is 2. The van der Waals surface area contributed by atoms with E-state index in [1.165, 1.54) is 32.4 Å². The number of hydrogen-bond donors (Lipinski definition) is 2. The zero-order valence-corrected chi connectivity index (χ0v) is 15.7. The van der Waals surface area contributed by atoms with Crippen molar-refractivity contribution >= 4 is 35.2 Å². The zero-order chi connectivity index (χ0) is 21.0. The van der Waals surface area contributed by atoms with Crippen molar-refractivity contribution in [3.63, 3.8) is 0 Å². The van der Waals surface area contributed by atoms with Gasteiger partial charge in [-0.15, -0.1) is 0 Å². The number of amides is 1. The molecule has 0 unspecified atom stereocenters. The molecule has 0 bridgehead atoms. The molecule has 3 rings (SSSR count). The molecule has 2 N–H and O–H groups in total. The van der Waals surface area contributed by atoms with Crippen LogP contribution >= 0.6 is 0 Å². The van der Waals surface area contributed by atoms with E-state index in [-0.39, 0.29) is 23.2 Å². The van der Waals surface area contributed by atoms with Gasteiger partial charge >= 0.3 is 17.9 Å². The maximum absolute atomic E-state index is 12.4. The number of fused-ring (bicyclic) bond motifs is 1. The van der Waals surface area contributed by atoms with Crippen molar-refractivity contribution in [2.45, 2.75) is 12.5 Å². The Morgan fingerprint density at radius 3 is 2.28 bits per heavy atom. The fraction of sp³-hybridized carbons (Fsp3) is 0.200. The second-order valence-corrected chi connectivity index (χ2v) is 6.15. The molecule has 1 atom stereocenters. The molecule has 2 aromatic rings. The predicted molar refractivity (Wildman–Crippen MR) is 102 cm³/mol. The fourth-order valence-corrected chi connectivity index (χ4v) is 2.80. The lowest BCUT2D eigenvalue weighted by Crippen LogP contribution is -2.39. The van der Waals surface area contributed by atoms with E-state index in [2.05, 4.69) is 20.1 Å². The SMILES string of the molecule is COC(=O)c1cc(NC(=O)C[C@@H]2Nc3ccccc3OC2=O)cc(C(=O)OC)c1. The molecule has 0 fully saturated rings. The average Bonchev–Trinajstić information content (AvgIpc) is 2.72. The van der Waals surface area contributed by atoms with E-state index in [0.29, 0.717) is 11.4 Å². The molecule has 1 aliphatic heterocycles. The highest BCUT2D eigenvalue weighted by Crippen LogP contribution is 2.29. The van der Waals surface area contributed by atoms with Crippen molar-refractivity contribution in [3.05, 3.63) is 53.6 Å². The van der Waals surface area contributed by atoms with Crippen LogP contribution in [0.2, 0.25) is 0 Å². The van der Waals surface area contributed by atoms with Gasteiger partial charge in [0.2, 0.25) is 5.91 Å². The normalized spacial score (nSPS) is 14.7. The summed E-state index contributed by atoms with van der Waals surface area (Å²) in [6, 6.07) is 10.0. The number of carbonyl (C=O) groups excluding carboxylic acids is 4. The molecule has 2 aromatic carbocycles. The monoisotopic (exact) mass is 398 g/mol. The number of carbonyl (C=O) groups is 4. The fourth-order valence-electron chi connectivity index (χ4n) is 2.80. The molecule has 0 aliphatic carbocycles. The lowest BCUT2D eigenvalue weighted by molar-refractivity contribution is -0.137. The van der Waals surface area contributed by atoms with Crippen LogP contribution in [-0.2, 0) is 19.1 Å². The average molecular weight is 398 g/mol. The van der Waals surface area contributed by atoms with Gasteiger partial charge in [0.25, 0.3) is 0 Å². The molecule has 0 saturated heterocycles. The summed E-state index contributed by atoms with van der Waals surface area (Å²) in [5.74, 6) is -2.07. The van der Waals surface area contributed by atoms with Gasteiger partial charge in [0.05, 0.1) is 37.5 Å². The highest BCUT2D eigenvalue weighted by atomic mass is 16.5. The molecular weight excluding hydrogens is 380 g/mol. The Morgan fingerprint density at radius 1 is 1.03 bits per heavy atom. The molecular formula is C20H18N2O7. The minimum absolute atomic E-state index is 0.0647. The van der Waals surface area contributed by atoms with E-state index in [1.54, 1.807) is 24.3 Å². The van der Waals surface area contributed by atoms with Crippen molar-refractivity contribution in [2.75, 3.05) is 24.9 Å². The summed E-state index contributed by atoms with van der Waals surface area (Å²) in [6.07, 6.45) is -0.219. The minimum atomic E-state index is -0.881. The van der Waals surface area contributed by atoms with E-state index in [4.69, 9.17) is 4.74 Å². The van der Waals surface area contributed by atoms with Gasteiger partial charge in [-0.25, -0.2) is 14.4 Å². The van der Waals surface area contributed by atoms with Gasteiger partial charge < -0.3 is 24.8 Å². The third-order valence-electron chi connectivity index (χ3n) is 4.16. The van der Waals surface area contributed by atoms with Gasteiger partial charge in [-0.1, -0.05) is 12.1 Å². The molecule has 1 amide bonds. The van der Waals surface area contributed by atoms with Crippen LogP contribution in [0.1, 0.15) is 27.1 Å². The summed E-state index contributed by atoms with van der Waals surface area (Å²) in [4.78, 5) is 48.2. The second-order valence-electron chi connectivity index (χ2n) is 6.15. The molecule has 0 saturated carbocycles. The summed E-state index contributed by atoms with van der Waals surface area (Å²) < 4.78 is 14.5. The first-order valence-corrected chi connectivity index (χ1v) is 8.60. The summed E-state index contributed by atoms with van der Waals surface area (Å²) in [5, 5.41) is 5.53. The Bertz CT molecular complexity index is 952. The van der Waals surface area contributed by atoms with Crippen molar-refractivity contribution in [1.82, 2.24) is 0 Å². The number of methoxy groups -OCH3 is 2. The van der Waals surface area contributed by atoms with E-state index in [0.717, 1.165) is 0 Å². The van der Waals surface area contributed by atoms with E-state index in [1.807, 2.05) is 0 Å². The van der Waals surface area contributed by atoms with Gasteiger partial charge in [-0.3, -0.25) is 4.79 Å². The van der Waals surface area contributed by atoms with Crippen LogP contribution in [0.15, 0.2) is 42.5 Å². The van der Waals surface area contributed by atoms with E-state index in [9.17, 15) is 19.2 Å². The van der Waals surface area contributed by atoms with E-state index < -0.39 is 29.9 Å². The van der Waals surface area contributed by atoms with Gasteiger partial charge in [0, 0.05) is 5.69 Å². The Balaban J connectivity index is 1.75. The molecule has 9 nitrogen and oxygen atoms in total. The van der Waals surface area contributed by atoms with E-state index >= 15 is 0 Å². The van der Waals surface area contributed by atoms with Gasteiger partial charge in [0.15, 0.2) is 5.75 Å². The highest BCUT2D eigenvalue weighted by Gasteiger charge is 2.29. The number of anilines is 2. The number of esters is 3. The lowest BCUT2D eigenvalue weighted by atomic mass is 10.1. The van der Waals surface area contributed by atoms with Crippen molar-refractivity contribution in [3.8, 4) is 5.75 Å². The molecule has 0 radical (unpaired) electrons. The smallest absolute Gasteiger partial charge is 0.337 e. The van der Waals surface area contributed by atoms with Crippen LogP contribution < -0.4 is 15.4 Å². The van der Waals surface area contributed by atoms with Crippen LogP contribution in [0, 0.1) is 0 Å². The second kappa shape index (κ2) is 8.42. The van der Waals surface area contributed by atoms with Crippen LogP contribution in [-0.4, -0.2) is 44.1 Å². The summed E-state index contributed by atoms with van der Waals surface area (Å²) in [7, 11) is 2.40. The van der Waals surface area contributed by atoms with Gasteiger partial charge in [-0.05, 0) is 30.3 Å².